The first kappa shape index (κ1) is 18.6. The van der Waals surface area contributed by atoms with Gasteiger partial charge < -0.3 is 15.1 Å². The lowest BCUT2D eigenvalue weighted by atomic mass is 10.0. The van der Waals surface area contributed by atoms with Crippen LogP contribution in [0.1, 0.15) is 42.9 Å². The molecule has 1 aromatic heterocycles. The molecule has 2 unspecified atom stereocenters. The Bertz CT molecular complexity index is 745. The lowest BCUT2D eigenvalue weighted by Crippen LogP contribution is -2.50. The minimum Gasteiger partial charge on any atom is -0.459 e. The molecule has 0 saturated heterocycles. The van der Waals surface area contributed by atoms with Gasteiger partial charge in [-0.3, -0.25) is 9.59 Å². The molecule has 2 aromatic rings. The molecule has 0 radical (unpaired) electrons. The molecule has 0 spiro atoms. The van der Waals surface area contributed by atoms with E-state index in [0.29, 0.717) is 5.56 Å². The summed E-state index contributed by atoms with van der Waals surface area (Å²) in [5, 5.41) is 5.32. The molecule has 1 aromatic carbocycles. The molecule has 1 heterocycles. The van der Waals surface area contributed by atoms with Gasteiger partial charge in [0.1, 0.15) is 6.04 Å². The Morgan fingerprint density at radius 1 is 1.04 bits per heavy atom. The normalized spacial score (nSPS) is 13.4. The monoisotopic (exact) mass is 350 g/mol. The number of halogens is 2. The number of rotatable bonds is 6. The molecule has 5 nitrogen and oxygen atoms in total. The zero-order chi connectivity index (χ0) is 18.6. The van der Waals surface area contributed by atoms with Crippen LogP contribution in [-0.2, 0) is 4.79 Å². The van der Waals surface area contributed by atoms with Crippen molar-refractivity contribution >= 4 is 11.8 Å². The summed E-state index contributed by atoms with van der Waals surface area (Å²) in [6, 6.07) is 5.15. The van der Waals surface area contributed by atoms with Crippen molar-refractivity contribution in [3.8, 4) is 0 Å². The van der Waals surface area contributed by atoms with Crippen molar-refractivity contribution in [2.75, 3.05) is 0 Å². The Kier molecular flexibility index (Phi) is 5.90. The minimum absolute atomic E-state index is 0.104. The average molecular weight is 350 g/mol. The Morgan fingerprint density at radius 2 is 1.76 bits per heavy atom. The minimum atomic E-state index is -0.981. The summed E-state index contributed by atoms with van der Waals surface area (Å²) in [7, 11) is 0. The Balaban J connectivity index is 2.06. The van der Waals surface area contributed by atoms with Crippen LogP contribution in [0.3, 0.4) is 0 Å². The Labute approximate surface area is 144 Å². The van der Waals surface area contributed by atoms with Gasteiger partial charge in [-0.05, 0) is 42.7 Å². The molecular formula is C18H20F2N2O3. The van der Waals surface area contributed by atoms with Gasteiger partial charge in [0, 0.05) is 0 Å². The first-order chi connectivity index (χ1) is 11.8. The van der Waals surface area contributed by atoms with Gasteiger partial charge in [0.25, 0.3) is 5.91 Å². The quantitative estimate of drug-likeness (QED) is 0.840. The van der Waals surface area contributed by atoms with Crippen LogP contribution in [0, 0.1) is 17.6 Å². The van der Waals surface area contributed by atoms with E-state index in [1.165, 1.54) is 18.4 Å². The Morgan fingerprint density at radius 3 is 2.32 bits per heavy atom. The standard InChI is InChI=1S/C18H20F2N2O3/c1-10(2)16(22-17(23)15-5-4-8-25-15)18(24)21-11(3)12-6-7-13(19)14(20)9-12/h4-11,16H,1-3H3,(H,21,24)(H,22,23). The number of carbonyl (C=O) groups is 2. The van der Waals surface area contributed by atoms with Crippen LogP contribution in [0.4, 0.5) is 8.78 Å². The zero-order valence-corrected chi connectivity index (χ0v) is 14.2. The highest BCUT2D eigenvalue weighted by atomic mass is 19.2. The van der Waals surface area contributed by atoms with Gasteiger partial charge in [0.2, 0.25) is 5.91 Å². The molecule has 0 aliphatic carbocycles. The lowest BCUT2D eigenvalue weighted by molar-refractivity contribution is -0.124. The SMILES string of the molecule is CC(NC(=O)C(NC(=O)c1ccco1)C(C)C)c1ccc(F)c(F)c1. The molecule has 2 rings (SSSR count). The fourth-order valence-electron chi connectivity index (χ4n) is 2.32. The summed E-state index contributed by atoms with van der Waals surface area (Å²) < 4.78 is 31.4. The van der Waals surface area contributed by atoms with E-state index in [0.717, 1.165) is 12.1 Å². The van der Waals surface area contributed by atoms with Crippen LogP contribution in [-0.4, -0.2) is 17.9 Å². The molecule has 0 fully saturated rings. The molecule has 25 heavy (non-hydrogen) atoms. The molecule has 0 bridgehead atoms. The lowest BCUT2D eigenvalue weighted by Gasteiger charge is -2.24. The maximum atomic E-state index is 13.3. The number of nitrogens with one attached hydrogen (secondary N) is 2. The third-order valence-electron chi connectivity index (χ3n) is 3.78. The summed E-state index contributed by atoms with van der Waals surface area (Å²) in [6.45, 7) is 5.22. The van der Waals surface area contributed by atoms with Crippen molar-refractivity contribution in [2.24, 2.45) is 5.92 Å². The first-order valence-electron chi connectivity index (χ1n) is 7.89. The van der Waals surface area contributed by atoms with Crippen LogP contribution in [0.15, 0.2) is 41.0 Å². The average Bonchev–Trinajstić information content (AvgIpc) is 3.09. The van der Waals surface area contributed by atoms with Crippen molar-refractivity contribution in [2.45, 2.75) is 32.9 Å². The molecule has 2 atom stereocenters. The van der Waals surface area contributed by atoms with E-state index in [1.54, 1.807) is 26.8 Å². The number of hydrogen-bond donors (Lipinski definition) is 2. The predicted molar refractivity (Wildman–Crippen MR) is 87.7 cm³/mol. The molecule has 0 aliphatic rings. The maximum Gasteiger partial charge on any atom is 0.287 e. The summed E-state index contributed by atoms with van der Waals surface area (Å²) >= 11 is 0. The van der Waals surface area contributed by atoms with E-state index >= 15 is 0 Å². The molecule has 134 valence electrons. The van der Waals surface area contributed by atoms with Gasteiger partial charge in [0.15, 0.2) is 17.4 Å². The van der Waals surface area contributed by atoms with Gasteiger partial charge in [-0.25, -0.2) is 8.78 Å². The molecule has 0 aliphatic heterocycles. The first-order valence-corrected chi connectivity index (χ1v) is 7.89. The van der Waals surface area contributed by atoms with E-state index < -0.39 is 35.5 Å². The molecular weight excluding hydrogens is 330 g/mol. The Hall–Kier alpha value is -2.70. The van der Waals surface area contributed by atoms with Crippen molar-refractivity contribution in [1.29, 1.82) is 0 Å². The van der Waals surface area contributed by atoms with Crippen molar-refractivity contribution < 1.29 is 22.8 Å². The van der Waals surface area contributed by atoms with Gasteiger partial charge in [-0.1, -0.05) is 19.9 Å². The number of benzene rings is 1. The van der Waals surface area contributed by atoms with E-state index in [9.17, 15) is 18.4 Å². The fraction of sp³-hybridized carbons (Fsp3) is 0.333. The largest absolute Gasteiger partial charge is 0.459 e. The van der Waals surface area contributed by atoms with Gasteiger partial charge in [-0.15, -0.1) is 0 Å². The van der Waals surface area contributed by atoms with Crippen LogP contribution < -0.4 is 10.6 Å². The van der Waals surface area contributed by atoms with E-state index in [2.05, 4.69) is 10.6 Å². The topological polar surface area (TPSA) is 71.3 Å². The molecule has 2 N–H and O–H groups in total. The zero-order valence-electron chi connectivity index (χ0n) is 14.2. The number of hydrogen-bond acceptors (Lipinski definition) is 3. The molecule has 0 saturated carbocycles. The summed E-state index contributed by atoms with van der Waals surface area (Å²) in [5.74, 6) is -2.94. The number of furan rings is 1. The van der Waals surface area contributed by atoms with Crippen LogP contribution >= 0.6 is 0 Å². The fourth-order valence-corrected chi connectivity index (χ4v) is 2.32. The highest BCUT2D eigenvalue weighted by Gasteiger charge is 2.26. The van der Waals surface area contributed by atoms with Crippen LogP contribution in [0.5, 0.6) is 0 Å². The second-order valence-electron chi connectivity index (χ2n) is 6.08. The summed E-state index contributed by atoms with van der Waals surface area (Å²) in [6.07, 6.45) is 1.37. The van der Waals surface area contributed by atoms with Crippen molar-refractivity contribution in [3.05, 3.63) is 59.6 Å². The number of carbonyl (C=O) groups excluding carboxylic acids is 2. The second kappa shape index (κ2) is 7.92. The second-order valence-corrected chi connectivity index (χ2v) is 6.08. The highest BCUT2D eigenvalue weighted by Crippen LogP contribution is 2.17. The predicted octanol–water partition coefficient (Wildman–Crippen LogP) is 3.19. The summed E-state index contributed by atoms with van der Waals surface area (Å²) in [5.41, 5.74) is 0.423. The summed E-state index contributed by atoms with van der Waals surface area (Å²) in [4.78, 5) is 24.6. The molecule has 2 amide bonds. The van der Waals surface area contributed by atoms with E-state index in [1.807, 2.05) is 0 Å². The van der Waals surface area contributed by atoms with E-state index in [4.69, 9.17) is 4.42 Å². The third-order valence-corrected chi connectivity index (χ3v) is 3.78. The van der Waals surface area contributed by atoms with Crippen molar-refractivity contribution in [3.63, 3.8) is 0 Å². The number of amides is 2. The van der Waals surface area contributed by atoms with E-state index in [-0.39, 0.29) is 11.7 Å². The van der Waals surface area contributed by atoms with Gasteiger partial charge >= 0.3 is 0 Å². The van der Waals surface area contributed by atoms with Gasteiger partial charge in [-0.2, -0.15) is 0 Å². The highest BCUT2D eigenvalue weighted by molar-refractivity contribution is 5.95. The van der Waals surface area contributed by atoms with Gasteiger partial charge in [0.05, 0.1) is 12.3 Å². The third kappa shape index (κ3) is 4.65. The smallest absolute Gasteiger partial charge is 0.287 e. The van der Waals surface area contributed by atoms with Crippen molar-refractivity contribution in [1.82, 2.24) is 10.6 Å². The van der Waals surface area contributed by atoms with Crippen LogP contribution in [0.25, 0.3) is 0 Å². The van der Waals surface area contributed by atoms with Crippen LogP contribution in [0.2, 0.25) is 0 Å². The molecule has 7 heteroatoms. The maximum absolute atomic E-state index is 13.3.